The van der Waals surface area contributed by atoms with Crippen LogP contribution in [0.1, 0.15) is 5.56 Å². The van der Waals surface area contributed by atoms with Crippen LogP contribution in [0.25, 0.3) is 0 Å². The van der Waals surface area contributed by atoms with Crippen molar-refractivity contribution in [3.05, 3.63) is 59.9 Å². The summed E-state index contributed by atoms with van der Waals surface area (Å²) in [4.78, 5) is 0. The first-order valence-corrected chi connectivity index (χ1v) is 6.58. The van der Waals surface area contributed by atoms with Crippen molar-refractivity contribution in [3.8, 4) is 23.3 Å². The van der Waals surface area contributed by atoms with Gasteiger partial charge in [-0.2, -0.15) is 0 Å². The second-order valence-electron chi connectivity index (χ2n) is 4.19. The Kier molecular flexibility index (Phi) is 5.62. The minimum Gasteiger partial charge on any atom is -0.490 e. The van der Waals surface area contributed by atoms with Crippen molar-refractivity contribution >= 4 is 0 Å². The highest BCUT2D eigenvalue weighted by atomic mass is 19.1. The van der Waals surface area contributed by atoms with E-state index in [0.717, 1.165) is 5.75 Å². The molecule has 0 aliphatic heterocycles. The van der Waals surface area contributed by atoms with Gasteiger partial charge < -0.3 is 15.2 Å². The summed E-state index contributed by atoms with van der Waals surface area (Å²) < 4.78 is 24.4. The lowest BCUT2D eigenvalue weighted by atomic mass is 10.2. The highest BCUT2D eigenvalue weighted by Crippen LogP contribution is 2.16. The van der Waals surface area contributed by atoms with E-state index in [1.165, 1.54) is 12.1 Å². The van der Waals surface area contributed by atoms with Crippen molar-refractivity contribution in [2.75, 3.05) is 19.8 Å². The third-order valence-corrected chi connectivity index (χ3v) is 2.57. The molecule has 0 atom stereocenters. The molecule has 0 amide bonds. The van der Waals surface area contributed by atoms with E-state index in [4.69, 9.17) is 15.2 Å². The predicted octanol–water partition coefficient (Wildman–Crippen LogP) is 2.59. The zero-order valence-electron chi connectivity index (χ0n) is 11.5. The first kappa shape index (κ1) is 14.9. The van der Waals surface area contributed by atoms with Crippen LogP contribution in [-0.4, -0.2) is 19.8 Å². The quantitative estimate of drug-likeness (QED) is 0.678. The van der Waals surface area contributed by atoms with Crippen molar-refractivity contribution in [1.29, 1.82) is 0 Å². The molecule has 2 rings (SSSR count). The summed E-state index contributed by atoms with van der Waals surface area (Å²) in [6, 6.07) is 13.8. The average Bonchev–Trinajstić information content (AvgIpc) is 2.50. The fraction of sp³-hybridized carbons (Fsp3) is 0.176. The van der Waals surface area contributed by atoms with E-state index in [9.17, 15) is 4.39 Å². The largest absolute Gasteiger partial charge is 0.490 e. The van der Waals surface area contributed by atoms with Gasteiger partial charge in [0.25, 0.3) is 0 Å². The fourth-order valence-corrected chi connectivity index (χ4v) is 1.71. The smallest absolute Gasteiger partial charge is 0.128 e. The van der Waals surface area contributed by atoms with Crippen molar-refractivity contribution in [3.63, 3.8) is 0 Å². The van der Waals surface area contributed by atoms with Crippen molar-refractivity contribution in [2.45, 2.75) is 0 Å². The predicted molar refractivity (Wildman–Crippen MR) is 79.8 cm³/mol. The molecule has 2 N–H and O–H groups in total. The maximum atomic E-state index is 13.4. The zero-order chi connectivity index (χ0) is 14.9. The molecule has 0 aliphatic carbocycles. The molecule has 0 saturated carbocycles. The van der Waals surface area contributed by atoms with E-state index >= 15 is 0 Å². The highest BCUT2D eigenvalue weighted by Gasteiger charge is 2.01. The third kappa shape index (κ3) is 5.17. The van der Waals surface area contributed by atoms with E-state index in [0.29, 0.717) is 24.5 Å². The molecule has 3 nitrogen and oxygen atoms in total. The summed E-state index contributed by atoms with van der Waals surface area (Å²) in [5.74, 6) is 6.26. The summed E-state index contributed by atoms with van der Waals surface area (Å²) >= 11 is 0. The van der Waals surface area contributed by atoms with Gasteiger partial charge in [-0.1, -0.05) is 30.0 Å². The van der Waals surface area contributed by atoms with Gasteiger partial charge in [0.15, 0.2) is 0 Å². The Balaban J connectivity index is 1.86. The number of halogens is 1. The first-order chi connectivity index (χ1) is 10.3. The summed E-state index contributed by atoms with van der Waals surface area (Å²) in [6.45, 7) is 0.935. The molecule has 0 saturated heterocycles. The molecule has 0 aliphatic rings. The van der Waals surface area contributed by atoms with Crippen LogP contribution in [0.2, 0.25) is 0 Å². The van der Waals surface area contributed by atoms with Gasteiger partial charge >= 0.3 is 0 Å². The maximum Gasteiger partial charge on any atom is 0.128 e. The van der Waals surface area contributed by atoms with Crippen LogP contribution in [0, 0.1) is 17.7 Å². The third-order valence-electron chi connectivity index (χ3n) is 2.57. The number of ether oxygens (including phenoxy) is 2. The molecule has 0 bridgehead atoms. The van der Waals surface area contributed by atoms with Crippen LogP contribution in [0.3, 0.4) is 0 Å². The Labute approximate surface area is 123 Å². The van der Waals surface area contributed by atoms with E-state index in [1.54, 1.807) is 6.07 Å². The number of rotatable bonds is 5. The molecular formula is C17H16FNO2. The van der Waals surface area contributed by atoms with Crippen LogP contribution in [0.5, 0.6) is 11.5 Å². The Bertz CT molecular complexity index is 632. The molecule has 0 radical (unpaired) electrons. The SMILES string of the molecule is NCC#Cc1cc(F)cc(OCCOc2ccccc2)c1. The number of nitrogens with two attached hydrogens (primary N) is 1. The monoisotopic (exact) mass is 285 g/mol. The fourth-order valence-electron chi connectivity index (χ4n) is 1.71. The van der Waals surface area contributed by atoms with Gasteiger partial charge in [-0.05, 0) is 24.3 Å². The van der Waals surface area contributed by atoms with Crippen LogP contribution < -0.4 is 15.2 Å². The molecule has 0 unspecified atom stereocenters. The van der Waals surface area contributed by atoms with Gasteiger partial charge in [0, 0.05) is 11.6 Å². The molecule has 21 heavy (non-hydrogen) atoms. The first-order valence-electron chi connectivity index (χ1n) is 6.58. The molecule has 0 spiro atoms. The molecule has 0 fully saturated rings. The number of benzene rings is 2. The molecule has 108 valence electrons. The second kappa shape index (κ2) is 7.93. The molecular weight excluding hydrogens is 269 g/mol. The van der Waals surface area contributed by atoms with Gasteiger partial charge in [0.2, 0.25) is 0 Å². The van der Waals surface area contributed by atoms with Gasteiger partial charge in [-0.15, -0.1) is 0 Å². The molecule has 0 heterocycles. The topological polar surface area (TPSA) is 44.5 Å². The minimum atomic E-state index is -0.391. The van der Waals surface area contributed by atoms with E-state index in [2.05, 4.69) is 11.8 Å². The normalized spacial score (nSPS) is 9.62. The lowest BCUT2D eigenvalue weighted by molar-refractivity contribution is 0.216. The van der Waals surface area contributed by atoms with Gasteiger partial charge in [-0.3, -0.25) is 0 Å². The van der Waals surface area contributed by atoms with Crippen LogP contribution >= 0.6 is 0 Å². The molecule has 4 heteroatoms. The van der Waals surface area contributed by atoms with Gasteiger partial charge in [0.1, 0.15) is 30.5 Å². The average molecular weight is 285 g/mol. The summed E-state index contributed by atoms with van der Waals surface area (Å²) in [7, 11) is 0. The van der Waals surface area contributed by atoms with Crippen LogP contribution in [0.4, 0.5) is 4.39 Å². The van der Waals surface area contributed by atoms with Gasteiger partial charge in [0.05, 0.1) is 6.54 Å². The van der Waals surface area contributed by atoms with Crippen molar-refractivity contribution < 1.29 is 13.9 Å². The number of hydrogen-bond donors (Lipinski definition) is 1. The number of para-hydroxylation sites is 1. The lowest BCUT2D eigenvalue weighted by Crippen LogP contribution is -2.09. The van der Waals surface area contributed by atoms with E-state index in [1.807, 2.05) is 30.3 Å². The Morgan fingerprint density at radius 1 is 0.952 bits per heavy atom. The van der Waals surface area contributed by atoms with Crippen molar-refractivity contribution in [2.24, 2.45) is 5.73 Å². The molecule has 2 aromatic carbocycles. The van der Waals surface area contributed by atoms with E-state index in [-0.39, 0.29) is 6.54 Å². The highest BCUT2D eigenvalue weighted by molar-refractivity contribution is 5.40. The lowest BCUT2D eigenvalue weighted by Gasteiger charge is -2.08. The van der Waals surface area contributed by atoms with E-state index < -0.39 is 5.82 Å². The van der Waals surface area contributed by atoms with Crippen LogP contribution in [-0.2, 0) is 0 Å². The summed E-state index contributed by atoms with van der Waals surface area (Å²) in [5.41, 5.74) is 5.83. The Hall–Kier alpha value is -2.51. The van der Waals surface area contributed by atoms with Crippen LogP contribution in [0.15, 0.2) is 48.5 Å². The summed E-state index contributed by atoms with van der Waals surface area (Å²) in [5, 5.41) is 0. The number of hydrogen-bond acceptors (Lipinski definition) is 3. The minimum absolute atomic E-state index is 0.234. The molecule has 0 aromatic heterocycles. The Morgan fingerprint density at radius 3 is 2.38 bits per heavy atom. The Morgan fingerprint density at radius 2 is 1.67 bits per heavy atom. The standard InChI is InChI=1S/C17H16FNO2/c18-15-11-14(5-4-8-19)12-17(13-15)21-10-9-20-16-6-2-1-3-7-16/h1-3,6-7,11-13H,8-10,19H2. The molecule has 2 aromatic rings. The zero-order valence-corrected chi connectivity index (χ0v) is 11.5. The maximum absolute atomic E-state index is 13.4. The van der Waals surface area contributed by atoms with Gasteiger partial charge in [-0.25, -0.2) is 4.39 Å². The second-order valence-corrected chi connectivity index (χ2v) is 4.19. The van der Waals surface area contributed by atoms with Crippen molar-refractivity contribution in [1.82, 2.24) is 0 Å². The summed E-state index contributed by atoms with van der Waals surface area (Å²) in [6.07, 6.45) is 0.